The summed E-state index contributed by atoms with van der Waals surface area (Å²) in [5, 5.41) is 8.46. The van der Waals surface area contributed by atoms with Crippen LogP contribution < -0.4 is 21.7 Å². The number of primary amides is 1. The molecule has 1 heterocycles. The number of amides is 3. The van der Waals surface area contributed by atoms with Crippen LogP contribution in [0.4, 0.5) is 37.7 Å². The minimum Gasteiger partial charge on any atom is -0.383 e. The molecule has 1 aliphatic rings. The largest absolute Gasteiger partial charge is 0.389 e. The van der Waals surface area contributed by atoms with Gasteiger partial charge in [-0.15, -0.1) is 0 Å². The van der Waals surface area contributed by atoms with Gasteiger partial charge in [0.25, 0.3) is 5.91 Å². The number of fused-ring (bicyclic) bond motifs is 1. The zero-order chi connectivity index (χ0) is 31.5. The molecule has 5 N–H and O–H groups in total. The maximum absolute atomic E-state index is 13.1. The molecule has 8 nitrogen and oxygen atoms in total. The van der Waals surface area contributed by atoms with E-state index in [1.165, 1.54) is 0 Å². The van der Waals surface area contributed by atoms with E-state index in [2.05, 4.69) is 20.9 Å². The molecule has 0 saturated carbocycles. The van der Waals surface area contributed by atoms with Crippen molar-refractivity contribution in [3.05, 3.63) is 59.7 Å². The fourth-order valence-corrected chi connectivity index (χ4v) is 3.82. The summed E-state index contributed by atoms with van der Waals surface area (Å²) in [7, 11) is 0. The van der Waals surface area contributed by atoms with Gasteiger partial charge in [0.05, 0.1) is 17.1 Å². The lowest BCUT2D eigenvalue weighted by molar-refractivity contribution is -0.143. The molecule has 2 unspecified atom stereocenters. The number of rotatable bonds is 10. The van der Waals surface area contributed by atoms with Crippen molar-refractivity contribution in [3.8, 4) is 0 Å². The second-order valence-corrected chi connectivity index (χ2v) is 9.39. The summed E-state index contributed by atoms with van der Waals surface area (Å²) in [5.41, 5.74) is 7.99. The van der Waals surface area contributed by atoms with Crippen molar-refractivity contribution in [1.29, 1.82) is 0 Å². The predicted molar refractivity (Wildman–Crippen MR) is 147 cm³/mol. The summed E-state index contributed by atoms with van der Waals surface area (Å²) in [6, 6.07) is 14.4. The first kappa shape index (κ1) is 34.1. The van der Waals surface area contributed by atoms with Crippen molar-refractivity contribution in [2.24, 2.45) is 16.6 Å². The summed E-state index contributed by atoms with van der Waals surface area (Å²) in [4.78, 5) is 42.0. The van der Waals surface area contributed by atoms with E-state index in [-0.39, 0.29) is 0 Å². The molecule has 2 atom stereocenters. The molecule has 14 heteroatoms. The van der Waals surface area contributed by atoms with Gasteiger partial charge < -0.3 is 21.7 Å². The van der Waals surface area contributed by atoms with E-state index >= 15 is 0 Å². The number of carbonyl (C=O) groups is 3. The van der Waals surface area contributed by atoms with E-state index in [0.717, 1.165) is 13.3 Å². The molecule has 2 aromatic rings. The molecule has 2 aromatic carbocycles. The second kappa shape index (κ2) is 15.2. The average Bonchev–Trinajstić information content (AvgIpc) is 3.06. The summed E-state index contributed by atoms with van der Waals surface area (Å²) in [6.45, 7) is 3.73. The van der Waals surface area contributed by atoms with E-state index in [9.17, 15) is 40.7 Å². The highest BCUT2D eigenvalue weighted by Crippen LogP contribution is 2.31. The Bertz CT molecular complexity index is 1250. The summed E-state index contributed by atoms with van der Waals surface area (Å²) in [5.74, 6) is -3.87. The van der Waals surface area contributed by atoms with Gasteiger partial charge in [-0.05, 0) is 18.9 Å². The normalized spacial score (nSPS) is 15.6. The van der Waals surface area contributed by atoms with Crippen LogP contribution in [0, 0.1) is 5.92 Å². The summed E-state index contributed by atoms with van der Waals surface area (Å²) >= 11 is 0. The van der Waals surface area contributed by atoms with Crippen LogP contribution in [0.2, 0.25) is 0 Å². The zero-order valence-electron chi connectivity index (χ0n) is 23.0. The number of nitrogens with zero attached hydrogens (tertiary/aromatic N) is 1. The van der Waals surface area contributed by atoms with Crippen LogP contribution in [-0.4, -0.2) is 48.5 Å². The monoisotopic (exact) mass is 601 g/mol. The maximum Gasteiger partial charge on any atom is 0.389 e. The van der Waals surface area contributed by atoms with Crippen molar-refractivity contribution < 1.29 is 40.7 Å². The van der Waals surface area contributed by atoms with Gasteiger partial charge in [-0.3, -0.25) is 14.4 Å². The number of aliphatic imine (C=N–C) groups is 1. The Morgan fingerprint density at radius 1 is 1.00 bits per heavy atom. The standard InChI is InChI=1S/C25H28F3N5O3.C3H5F3/c1-2-13-30-18-10-6-9-17-20(15-7-4-3-5-8-15)31-22(24(36)32-21(17)18)33-23(35)16(14-19(29)34)11-12-25(26,27)28;1-2-3(4,5)6/h3-10,16,22,30H,2,11-14H2,1H3,(H2,29,34)(H,32,36)(H,33,35);2H2,1H3. The number of nitrogens with two attached hydrogens (primary N) is 1. The van der Waals surface area contributed by atoms with Crippen LogP contribution in [0.15, 0.2) is 53.5 Å². The minimum atomic E-state index is -4.52. The summed E-state index contributed by atoms with van der Waals surface area (Å²) < 4.78 is 70.7. The Morgan fingerprint density at radius 3 is 2.19 bits per heavy atom. The van der Waals surface area contributed by atoms with Crippen LogP contribution in [0.3, 0.4) is 0 Å². The van der Waals surface area contributed by atoms with E-state index in [4.69, 9.17) is 5.73 Å². The van der Waals surface area contributed by atoms with Gasteiger partial charge in [0.2, 0.25) is 18.0 Å². The topological polar surface area (TPSA) is 126 Å². The van der Waals surface area contributed by atoms with E-state index < -0.39 is 67.8 Å². The number of benzodiazepines with no additional fused rings is 1. The second-order valence-electron chi connectivity index (χ2n) is 9.39. The average molecular weight is 602 g/mol. The molecule has 0 spiro atoms. The molecule has 0 saturated heterocycles. The molecule has 42 heavy (non-hydrogen) atoms. The maximum atomic E-state index is 13.1. The third-order valence-corrected chi connectivity index (χ3v) is 5.96. The number of anilines is 2. The number of halogens is 6. The smallest absolute Gasteiger partial charge is 0.383 e. The highest BCUT2D eigenvalue weighted by atomic mass is 19.4. The number of alkyl halides is 6. The molecule has 0 aromatic heterocycles. The fourth-order valence-electron chi connectivity index (χ4n) is 3.82. The lowest BCUT2D eigenvalue weighted by Gasteiger charge is -2.19. The molecule has 0 aliphatic carbocycles. The first-order valence-electron chi connectivity index (χ1n) is 13.2. The number of para-hydroxylation sites is 1. The number of benzene rings is 2. The van der Waals surface area contributed by atoms with Crippen molar-refractivity contribution in [1.82, 2.24) is 5.32 Å². The first-order valence-corrected chi connectivity index (χ1v) is 13.2. The molecule has 0 radical (unpaired) electrons. The molecular formula is C28H33F6N5O3. The van der Waals surface area contributed by atoms with Crippen LogP contribution in [-0.2, 0) is 14.4 Å². The van der Waals surface area contributed by atoms with Crippen LogP contribution in [0.25, 0.3) is 0 Å². The molecule has 0 bridgehead atoms. The minimum absolute atomic E-state index is 0.413. The highest BCUT2D eigenvalue weighted by Gasteiger charge is 2.34. The molecule has 1 aliphatic heterocycles. The lowest BCUT2D eigenvalue weighted by atomic mass is 9.97. The van der Waals surface area contributed by atoms with Crippen molar-refractivity contribution >= 4 is 34.8 Å². The zero-order valence-corrected chi connectivity index (χ0v) is 23.0. The third-order valence-electron chi connectivity index (χ3n) is 5.96. The van der Waals surface area contributed by atoms with E-state index in [1.54, 1.807) is 42.5 Å². The van der Waals surface area contributed by atoms with Gasteiger partial charge in [0, 0.05) is 42.9 Å². The van der Waals surface area contributed by atoms with Crippen molar-refractivity contribution in [3.63, 3.8) is 0 Å². The fraction of sp³-hybridized carbons (Fsp3) is 0.429. The van der Waals surface area contributed by atoms with Crippen LogP contribution in [0.1, 0.15) is 57.1 Å². The van der Waals surface area contributed by atoms with E-state index in [1.807, 2.05) is 13.0 Å². The van der Waals surface area contributed by atoms with Gasteiger partial charge in [0.1, 0.15) is 0 Å². The Balaban J connectivity index is 0.000000928. The quantitative estimate of drug-likeness (QED) is 0.267. The van der Waals surface area contributed by atoms with Gasteiger partial charge in [-0.2, -0.15) is 26.3 Å². The van der Waals surface area contributed by atoms with Gasteiger partial charge in [0.15, 0.2) is 0 Å². The van der Waals surface area contributed by atoms with Crippen molar-refractivity contribution in [2.45, 2.75) is 64.5 Å². The molecule has 0 fully saturated rings. The van der Waals surface area contributed by atoms with Gasteiger partial charge >= 0.3 is 12.4 Å². The van der Waals surface area contributed by atoms with Crippen LogP contribution in [0.5, 0.6) is 0 Å². The van der Waals surface area contributed by atoms with Gasteiger partial charge in [-0.1, -0.05) is 56.3 Å². The Kier molecular flexibility index (Phi) is 12.4. The Labute approximate surface area is 239 Å². The third kappa shape index (κ3) is 11.1. The molecule has 230 valence electrons. The lowest BCUT2D eigenvalue weighted by Crippen LogP contribution is -2.45. The van der Waals surface area contributed by atoms with Crippen molar-refractivity contribution in [2.75, 3.05) is 17.2 Å². The molecular weight excluding hydrogens is 568 g/mol. The predicted octanol–water partition coefficient (Wildman–Crippen LogP) is 5.53. The number of carbonyl (C=O) groups excluding carboxylic acids is 3. The Morgan fingerprint density at radius 2 is 1.64 bits per heavy atom. The number of hydrogen-bond donors (Lipinski definition) is 4. The molecule has 3 amide bonds. The first-order chi connectivity index (χ1) is 19.6. The SMILES string of the molecule is CCC(F)(F)F.CCCNc1cccc2c1NC(=O)C(NC(=O)C(CCC(F)(F)F)CC(N)=O)N=C2c1ccccc1. The number of nitrogens with one attached hydrogen (secondary N) is 3. The highest BCUT2D eigenvalue weighted by molar-refractivity contribution is 6.21. The molecule has 3 rings (SSSR count). The number of hydrogen-bond acceptors (Lipinski definition) is 5. The summed E-state index contributed by atoms with van der Waals surface area (Å²) in [6.07, 6.45) is -12.3. The van der Waals surface area contributed by atoms with Crippen LogP contribution >= 0.6 is 0 Å². The van der Waals surface area contributed by atoms with Gasteiger partial charge in [-0.25, -0.2) is 4.99 Å². The van der Waals surface area contributed by atoms with E-state index in [0.29, 0.717) is 34.8 Å². The Hall–Kier alpha value is -4.10.